The van der Waals surface area contributed by atoms with Crippen LogP contribution in [0.15, 0.2) is 41.6 Å². The highest BCUT2D eigenvalue weighted by Crippen LogP contribution is 2.33. The van der Waals surface area contributed by atoms with Gasteiger partial charge in [0.2, 0.25) is 5.71 Å². The average Bonchev–Trinajstić information content (AvgIpc) is 3.26. The minimum atomic E-state index is -0.729. The lowest BCUT2D eigenvalue weighted by Gasteiger charge is -2.35. The molecule has 5 N–H and O–H groups in total. The van der Waals surface area contributed by atoms with Gasteiger partial charge in [-0.25, -0.2) is 23.0 Å². The number of benzene rings is 2. The summed E-state index contributed by atoms with van der Waals surface area (Å²) < 4.78 is 47.7. The van der Waals surface area contributed by atoms with Crippen molar-refractivity contribution in [3.63, 3.8) is 0 Å². The number of amides is 3. The first-order chi connectivity index (χ1) is 17.6. The SMILES string of the molecule is C[NH+]=C(C1=C(N)[C@@H](C)N(C(=O)c2cc(F)cc(OC[C@@H]3CNC(=O)N3)c2Cl)CC1)c1cc(F)cc(F)c1. The van der Waals surface area contributed by atoms with Crippen LogP contribution in [0.5, 0.6) is 5.75 Å². The van der Waals surface area contributed by atoms with E-state index in [0.717, 1.165) is 18.2 Å². The molecule has 2 aliphatic heterocycles. The molecule has 0 radical (unpaired) electrons. The number of nitrogens with one attached hydrogen (secondary N) is 3. The molecule has 0 bridgehead atoms. The number of ether oxygens (including phenoxy) is 1. The molecule has 2 heterocycles. The van der Waals surface area contributed by atoms with Crippen molar-refractivity contribution in [3.05, 3.63) is 75.2 Å². The van der Waals surface area contributed by atoms with E-state index in [2.05, 4.69) is 15.6 Å². The van der Waals surface area contributed by atoms with Crippen LogP contribution in [0.4, 0.5) is 18.0 Å². The summed E-state index contributed by atoms with van der Waals surface area (Å²) in [5.41, 5.74) is 7.98. The van der Waals surface area contributed by atoms with Gasteiger partial charge in [-0.2, -0.15) is 0 Å². The molecular formula is C25H26ClF3N5O3+. The third-order valence-corrected chi connectivity index (χ3v) is 6.74. The fraction of sp³-hybridized carbons (Fsp3) is 0.320. The van der Waals surface area contributed by atoms with Gasteiger partial charge in [-0.3, -0.25) is 4.79 Å². The van der Waals surface area contributed by atoms with Gasteiger partial charge in [0, 0.05) is 36.5 Å². The summed E-state index contributed by atoms with van der Waals surface area (Å²) in [4.78, 5) is 29.1. The van der Waals surface area contributed by atoms with Crippen LogP contribution in [0.2, 0.25) is 5.02 Å². The maximum absolute atomic E-state index is 14.4. The third kappa shape index (κ3) is 5.51. The monoisotopic (exact) mass is 536 g/mol. The maximum Gasteiger partial charge on any atom is 0.315 e. The molecule has 0 aliphatic carbocycles. The molecule has 1 saturated heterocycles. The second-order valence-electron chi connectivity index (χ2n) is 8.77. The molecule has 196 valence electrons. The van der Waals surface area contributed by atoms with E-state index in [1.54, 1.807) is 14.0 Å². The molecule has 37 heavy (non-hydrogen) atoms. The van der Waals surface area contributed by atoms with Crippen molar-refractivity contribution in [2.24, 2.45) is 5.73 Å². The number of carbonyl (C=O) groups is 2. The molecule has 4 rings (SSSR count). The molecule has 0 spiro atoms. The maximum atomic E-state index is 14.4. The number of nitrogens with two attached hydrogens (primary N) is 1. The van der Waals surface area contributed by atoms with E-state index >= 15 is 0 Å². The van der Waals surface area contributed by atoms with Crippen LogP contribution >= 0.6 is 11.6 Å². The minimum absolute atomic E-state index is 0.0258. The quantitative estimate of drug-likeness (QED) is 0.419. The number of halogens is 4. The van der Waals surface area contributed by atoms with E-state index in [4.69, 9.17) is 22.1 Å². The standard InChI is InChI=1S/C25H25ClF3N5O3/c1-12-22(30)18(23(31-2)13-5-14(27)7-15(28)6-13)3-4-34(12)24(35)19-8-16(29)9-20(21(19)26)37-11-17-10-32-25(36)33-17/h5-9,12,17H,3-4,10-11,30H2,1-2H3,(H2,32,33,36)/p+1/t12-,17+/m1/s1. The molecular weight excluding hydrogens is 511 g/mol. The van der Waals surface area contributed by atoms with Crippen LogP contribution in [0.25, 0.3) is 0 Å². The van der Waals surface area contributed by atoms with E-state index in [1.807, 2.05) is 0 Å². The first kappa shape index (κ1) is 26.3. The van der Waals surface area contributed by atoms with Crippen LogP contribution in [0.1, 0.15) is 29.3 Å². The van der Waals surface area contributed by atoms with Crippen molar-refractivity contribution >= 4 is 29.3 Å². The van der Waals surface area contributed by atoms with E-state index < -0.39 is 29.4 Å². The lowest BCUT2D eigenvalue weighted by Crippen LogP contribution is -2.69. The molecule has 2 aromatic rings. The minimum Gasteiger partial charge on any atom is -0.490 e. The molecule has 0 aromatic heterocycles. The Bertz CT molecular complexity index is 1300. The van der Waals surface area contributed by atoms with Gasteiger partial charge < -0.3 is 26.0 Å². The van der Waals surface area contributed by atoms with E-state index in [9.17, 15) is 22.8 Å². The van der Waals surface area contributed by atoms with Crippen molar-refractivity contribution in [1.29, 1.82) is 0 Å². The molecule has 2 atom stereocenters. The van der Waals surface area contributed by atoms with Gasteiger partial charge in [0.1, 0.15) is 36.9 Å². The molecule has 1 fully saturated rings. The Kier molecular flexibility index (Phi) is 7.63. The largest absolute Gasteiger partial charge is 0.490 e. The van der Waals surface area contributed by atoms with Crippen molar-refractivity contribution < 1.29 is 32.5 Å². The summed E-state index contributed by atoms with van der Waals surface area (Å²) in [6.45, 7) is 2.26. The number of hydrogen-bond donors (Lipinski definition) is 4. The van der Waals surface area contributed by atoms with Gasteiger partial charge >= 0.3 is 6.03 Å². The highest BCUT2D eigenvalue weighted by molar-refractivity contribution is 6.35. The third-order valence-electron chi connectivity index (χ3n) is 6.35. The number of carbonyl (C=O) groups excluding carboxylic acids is 2. The zero-order valence-corrected chi connectivity index (χ0v) is 20.9. The highest BCUT2D eigenvalue weighted by Gasteiger charge is 2.34. The zero-order chi connectivity index (χ0) is 26.9. The molecule has 8 nitrogen and oxygen atoms in total. The number of nitrogens with zero attached hydrogens (tertiary/aromatic N) is 1. The van der Waals surface area contributed by atoms with Gasteiger partial charge in [-0.05, 0) is 31.5 Å². The van der Waals surface area contributed by atoms with E-state index in [1.165, 1.54) is 17.0 Å². The van der Waals surface area contributed by atoms with Gasteiger partial charge in [-0.1, -0.05) is 11.6 Å². The Labute approximate surface area is 216 Å². The molecule has 2 aliphatic rings. The molecule has 2 aromatic carbocycles. The molecule has 3 amide bonds. The Morgan fingerprint density at radius 3 is 2.49 bits per heavy atom. The Balaban J connectivity index is 1.57. The lowest BCUT2D eigenvalue weighted by atomic mass is 9.91. The van der Waals surface area contributed by atoms with Crippen molar-refractivity contribution in [1.82, 2.24) is 15.5 Å². The number of hydrogen-bond acceptors (Lipinski definition) is 4. The summed E-state index contributed by atoms with van der Waals surface area (Å²) >= 11 is 6.43. The molecule has 0 saturated carbocycles. The Morgan fingerprint density at radius 1 is 1.19 bits per heavy atom. The fourth-order valence-electron chi connectivity index (χ4n) is 4.48. The summed E-state index contributed by atoms with van der Waals surface area (Å²) in [6, 6.07) is 3.97. The smallest absolute Gasteiger partial charge is 0.315 e. The number of rotatable bonds is 6. The lowest BCUT2D eigenvalue weighted by molar-refractivity contribution is -0.418. The van der Waals surface area contributed by atoms with Gasteiger partial charge in [-0.15, -0.1) is 0 Å². The zero-order valence-electron chi connectivity index (χ0n) is 20.1. The predicted octanol–water partition coefficient (Wildman–Crippen LogP) is 1.46. The Hall–Kier alpha value is -3.73. The first-order valence-electron chi connectivity index (χ1n) is 11.6. The van der Waals surface area contributed by atoms with Gasteiger partial charge in [0.05, 0.1) is 28.2 Å². The van der Waals surface area contributed by atoms with Crippen molar-refractivity contribution in [2.75, 3.05) is 26.7 Å². The summed E-state index contributed by atoms with van der Waals surface area (Å²) in [7, 11) is 1.61. The molecule has 0 unspecified atom stereocenters. The van der Waals surface area contributed by atoms with Crippen molar-refractivity contribution in [2.45, 2.75) is 25.4 Å². The fourth-order valence-corrected chi connectivity index (χ4v) is 4.72. The van der Waals surface area contributed by atoms with Crippen LogP contribution in [0, 0.1) is 17.5 Å². The van der Waals surface area contributed by atoms with Crippen LogP contribution < -0.4 is 26.1 Å². The number of urea groups is 1. The van der Waals surface area contributed by atoms with Crippen molar-refractivity contribution in [3.8, 4) is 5.75 Å². The highest BCUT2D eigenvalue weighted by atomic mass is 35.5. The predicted molar refractivity (Wildman–Crippen MR) is 131 cm³/mol. The second-order valence-corrected chi connectivity index (χ2v) is 9.15. The van der Waals surface area contributed by atoms with Gasteiger partial charge in [0.25, 0.3) is 5.91 Å². The normalized spacial score (nSPS) is 20.1. The van der Waals surface area contributed by atoms with Crippen LogP contribution in [0.3, 0.4) is 0 Å². The second kappa shape index (κ2) is 10.7. The van der Waals surface area contributed by atoms with E-state index in [0.29, 0.717) is 23.5 Å². The summed E-state index contributed by atoms with van der Waals surface area (Å²) in [6.07, 6.45) is 0.279. The average molecular weight is 537 g/mol. The van der Waals surface area contributed by atoms with Gasteiger partial charge in [0.15, 0.2) is 0 Å². The van der Waals surface area contributed by atoms with Crippen LogP contribution in [-0.2, 0) is 0 Å². The Morgan fingerprint density at radius 2 is 1.86 bits per heavy atom. The topological polar surface area (TPSA) is 111 Å². The summed E-state index contributed by atoms with van der Waals surface area (Å²) in [5, 5.41) is 5.16. The first-order valence-corrected chi connectivity index (χ1v) is 11.9. The van der Waals surface area contributed by atoms with Crippen LogP contribution in [-0.4, -0.2) is 61.4 Å². The van der Waals surface area contributed by atoms with E-state index in [-0.39, 0.29) is 53.5 Å². The molecule has 12 heteroatoms. The summed E-state index contributed by atoms with van der Waals surface area (Å²) in [5.74, 6) is -2.76.